The van der Waals surface area contributed by atoms with Gasteiger partial charge in [0, 0.05) is 11.1 Å². The molecule has 0 spiro atoms. The Morgan fingerprint density at radius 1 is 1.09 bits per heavy atom. The summed E-state index contributed by atoms with van der Waals surface area (Å²) in [4.78, 5) is 13.2. The van der Waals surface area contributed by atoms with Crippen LogP contribution in [0.4, 0.5) is 17.6 Å². The molecule has 0 saturated heterocycles. The largest absolute Gasteiger partial charge is 0.437 e. The molecule has 184 valence electrons. The van der Waals surface area contributed by atoms with Crippen LogP contribution < -0.4 is 10.1 Å². The van der Waals surface area contributed by atoms with Crippen LogP contribution in [0.1, 0.15) is 63.1 Å². The Morgan fingerprint density at radius 2 is 1.86 bits per heavy atom. The second-order valence-corrected chi connectivity index (χ2v) is 8.69. The van der Waals surface area contributed by atoms with Gasteiger partial charge >= 0.3 is 0 Å². The number of carbonyl (C=O) groups is 1. The zero-order chi connectivity index (χ0) is 25.2. The highest BCUT2D eigenvalue weighted by Crippen LogP contribution is 2.33. The minimum absolute atomic E-state index is 0.00794. The summed E-state index contributed by atoms with van der Waals surface area (Å²) in [6.07, 6.45) is 0.0578. The first-order valence-corrected chi connectivity index (χ1v) is 11.3. The number of benzene rings is 2. The lowest BCUT2D eigenvalue weighted by molar-refractivity contribution is -0.00312. The molecule has 35 heavy (non-hydrogen) atoms. The van der Waals surface area contributed by atoms with Gasteiger partial charge in [-0.15, -0.1) is 5.10 Å². The molecule has 1 aliphatic rings. The summed E-state index contributed by atoms with van der Waals surface area (Å²) in [6, 6.07) is 9.85. The van der Waals surface area contributed by atoms with Crippen molar-refractivity contribution in [1.82, 2.24) is 15.5 Å². The molecule has 1 aromatic heterocycles. The number of hydrogen-bond acceptors (Lipinski definition) is 4. The highest BCUT2D eigenvalue weighted by Gasteiger charge is 2.35. The van der Waals surface area contributed by atoms with Crippen molar-refractivity contribution in [1.29, 1.82) is 0 Å². The summed E-state index contributed by atoms with van der Waals surface area (Å²) in [5.74, 6) is -4.24. The fourth-order valence-corrected chi connectivity index (χ4v) is 4.28. The van der Waals surface area contributed by atoms with Crippen molar-refractivity contribution < 1.29 is 27.1 Å². The van der Waals surface area contributed by atoms with Gasteiger partial charge < -0.3 is 10.1 Å². The van der Waals surface area contributed by atoms with Crippen molar-refractivity contribution in [3.8, 4) is 11.6 Å². The summed E-state index contributed by atoms with van der Waals surface area (Å²) in [5, 5.41) is 10.5. The Hall–Kier alpha value is -3.49. The number of hydrogen-bond donors (Lipinski definition) is 1. The quantitative estimate of drug-likeness (QED) is 0.402. The topological polar surface area (TPSA) is 64.1 Å². The Labute approximate surface area is 200 Å². The molecule has 1 N–H and O–H groups in total. The van der Waals surface area contributed by atoms with Gasteiger partial charge in [0.2, 0.25) is 0 Å². The van der Waals surface area contributed by atoms with E-state index in [1.165, 1.54) is 24.3 Å². The Kier molecular flexibility index (Phi) is 7.05. The van der Waals surface area contributed by atoms with Crippen LogP contribution in [0.5, 0.6) is 11.6 Å². The van der Waals surface area contributed by atoms with E-state index in [9.17, 15) is 22.4 Å². The van der Waals surface area contributed by atoms with Crippen molar-refractivity contribution in [2.24, 2.45) is 0 Å². The molecular formula is C26H25F4N3O2. The fraction of sp³-hybridized carbons (Fsp3) is 0.346. The Balaban J connectivity index is 1.63. The highest BCUT2D eigenvalue weighted by molar-refractivity contribution is 5.98. The second-order valence-electron chi connectivity index (χ2n) is 8.69. The van der Waals surface area contributed by atoms with E-state index in [1.54, 1.807) is 19.1 Å². The number of nitrogens with one attached hydrogen (secondary N) is 1. The monoisotopic (exact) mass is 487 g/mol. The lowest BCUT2D eigenvalue weighted by atomic mass is 9.92. The minimum atomic E-state index is -3.30. The van der Waals surface area contributed by atoms with E-state index in [-0.39, 0.29) is 28.3 Å². The fourth-order valence-electron chi connectivity index (χ4n) is 4.28. The number of rotatable bonds is 7. The third-order valence-electron chi connectivity index (χ3n) is 6.01. The molecule has 1 heterocycles. The van der Waals surface area contributed by atoms with Crippen LogP contribution in [0.3, 0.4) is 0 Å². The molecule has 5 nitrogen and oxygen atoms in total. The number of nitrogens with zero attached hydrogens (tertiary/aromatic N) is 2. The lowest BCUT2D eigenvalue weighted by Crippen LogP contribution is -2.36. The maximum Gasteiger partial charge on any atom is 0.290 e. The van der Waals surface area contributed by atoms with Crippen molar-refractivity contribution in [2.75, 3.05) is 6.54 Å². The number of halogens is 4. The van der Waals surface area contributed by atoms with Crippen LogP contribution in [0.15, 0.2) is 42.5 Å². The molecule has 0 radical (unpaired) electrons. The molecule has 4 rings (SSSR count). The van der Waals surface area contributed by atoms with Crippen LogP contribution in [-0.4, -0.2) is 22.6 Å². The van der Waals surface area contributed by atoms with Crippen LogP contribution in [0.2, 0.25) is 0 Å². The maximum absolute atomic E-state index is 15.0. The zero-order valence-electron chi connectivity index (χ0n) is 19.4. The number of carbonyl (C=O) groups excluding carboxylic acids is 1. The molecule has 0 unspecified atom stereocenters. The molecule has 0 saturated carbocycles. The first kappa shape index (κ1) is 24.6. The van der Waals surface area contributed by atoms with E-state index in [0.717, 1.165) is 24.5 Å². The first-order chi connectivity index (χ1) is 16.7. The number of aromatic nitrogens is 2. The predicted molar refractivity (Wildman–Crippen MR) is 122 cm³/mol. The number of fused-ring (bicyclic) bond motifs is 1. The zero-order valence-corrected chi connectivity index (χ0v) is 19.4. The third-order valence-corrected chi connectivity index (χ3v) is 6.01. The molecule has 1 aliphatic carbocycles. The van der Waals surface area contributed by atoms with Crippen LogP contribution in [0.25, 0.3) is 0 Å². The van der Waals surface area contributed by atoms with Crippen LogP contribution in [-0.2, 0) is 18.8 Å². The van der Waals surface area contributed by atoms with Gasteiger partial charge in [-0.2, -0.15) is 13.9 Å². The number of amides is 1. The van der Waals surface area contributed by atoms with Crippen molar-refractivity contribution >= 4 is 5.91 Å². The van der Waals surface area contributed by atoms with Gasteiger partial charge in [-0.1, -0.05) is 35.9 Å². The lowest BCUT2D eigenvalue weighted by Gasteiger charge is -2.22. The van der Waals surface area contributed by atoms with Gasteiger partial charge in [0.25, 0.3) is 24.1 Å². The average Bonchev–Trinajstić information content (AvgIpc) is 2.82. The molecule has 0 bridgehead atoms. The molecular weight excluding hydrogens is 462 g/mol. The Bertz CT molecular complexity index is 1250. The van der Waals surface area contributed by atoms with Gasteiger partial charge in [0.1, 0.15) is 11.3 Å². The summed E-state index contributed by atoms with van der Waals surface area (Å²) >= 11 is 0. The predicted octanol–water partition coefficient (Wildman–Crippen LogP) is 6.22. The number of ether oxygens (including phenoxy) is 1. The smallest absolute Gasteiger partial charge is 0.290 e. The van der Waals surface area contributed by atoms with Gasteiger partial charge in [-0.25, -0.2) is 8.78 Å². The Morgan fingerprint density at radius 3 is 2.60 bits per heavy atom. The highest BCUT2D eigenvalue weighted by atomic mass is 19.3. The number of alkyl halides is 4. The van der Waals surface area contributed by atoms with Crippen LogP contribution >= 0.6 is 0 Å². The van der Waals surface area contributed by atoms with Gasteiger partial charge in [-0.3, -0.25) is 4.79 Å². The molecule has 0 fully saturated rings. The second kappa shape index (κ2) is 10.0. The standard InChI is InChI=1S/C26H25F4N3O2/c1-15-10-11-20(16(2)12-15)26(29,30)14-31-24(34)22-19-8-3-4-9-21(19)32-33-25(22)35-18-7-5-6-17(13-18)23(27)28/h5-7,10-13,23H,3-4,8-9,14H2,1-2H3,(H,31,34). The van der Waals surface area contributed by atoms with Crippen molar-refractivity contribution in [3.63, 3.8) is 0 Å². The SMILES string of the molecule is Cc1ccc(C(F)(F)CNC(=O)c2c(Oc3cccc(C(F)F)c3)nnc3c2CCCC3)c(C)c1. The van der Waals surface area contributed by atoms with E-state index in [4.69, 9.17) is 4.74 Å². The molecule has 1 amide bonds. The molecule has 2 aromatic carbocycles. The molecule has 3 aromatic rings. The van der Waals surface area contributed by atoms with Gasteiger partial charge in [0.15, 0.2) is 0 Å². The van der Waals surface area contributed by atoms with Crippen molar-refractivity contribution in [2.45, 2.75) is 51.9 Å². The van der Waals surface area contributed by atoms with Gasteiger partial charge in [-0.05, 0) is 62.8 Å². The van der Waals surface area contributed by atoms with E-state index in [2.05, 4.69) is 15.5 Å². The van der Waals surface area contributed by atoms with E-state index < -0.39 is 24.8 Å². The molecule has 0 atom stereocenters. The summed E-state index contributed by atoms with van der Waals surface area (Å²) < 4.78 is 61.9. The van der Waals surface area contributed by atoms with E-state index in [1.807, 2.05) is 6.92 Å². The van der Waals surface area contributed by atoms with E-state index in [0.29, 0.717) is 29.7 Å². The average molecular weight is 487 g/mol. The summed E-state index contributed by atoms with van der Waals surface area (Å²) in [7, 11) is 0. The number of aryl methyl sites for hydroxylation is 3. The van der Waals surface area contributed by atoms with E-state index >= 15 is 0 Å². The maximum atomic E-state index is 15.0. The normalized spacial score (nSPS) is 13.5. The van der Waals surface area contributed by atoms with Crippen molar-refractivity contribution in [3.05, 3.63) is 81.5 Å². The molecule has 9 heteroatoms. The van der Waals surface area contributed by atoms with Crippen LogP contribution in [0, 0.1) is 13.8 Å². The molecule has 0 aliphatic heterocycles. The summed E-state index contributed by atoms with van der Waals surface area (Å²) in [6.45, 7) is 2.49. The third kappa shape index (κ3) is 5.44. The first-order valence-electron chi connectivity index (χ1n) is 11.3. The van der Waals surface area contributed by atoms with Gasteiger partial charge in [0.05, 0.1) is 12.2 Å². The summed E-state index contributed by atoms with van der Waals surface area (Å²) in [5.41, 5.74) is 2.06. The minimum Gasteiger partial charge on any atom is -0.437 e.